The van der Waals surface area contributed by atoms with Crippen LogP contribution in [0.2, 0.25) is 0 Å². The minimum Gasteiger partial charge on any atom is -0.330 e. The van der Waals surface area contributed by atoms with Gasteiger partial charge in [0, 0.05) is 11.8 Å². The molecule has 1 heterocycles. The van der Waals surface area contributed by atoms with Gasteiger partial charge in [-0.15, -0.1) is 0 Å². The molecule has 0 amide bonds. The Morgan fingerprint density at radius 2 is 1.82 bits per heavy atom. The smallest absolute Gasteiger partial charge is 0.325 e. The summed E-state index contributed by atoms with van der Waals surface area (Å²) in [6.07, 6.45) is 2.26. The number of nitrogens with two attached hydrogens (primary N) is 1. The molecule has 96 valence electrons. The molecule has 0 atom stereocenters. The van der Waals surface area contributed by atoms with Crippen LogP contribution in [0.15, 0.2) is 15.8 Å². The topological polar surface area (TPSA) is 91.7 Å². The summed E-state index contributed by atoms with van der Waals surface area (Å²) >= 11 is 0. The summed E-state index contributed by atoms with van der Waals surface area (Å²) in [5.74, 6) is 0. The molecule has 1 aromatic rings. The van der Waals surface area contributed by atoms with Crippen LogP contribution < -0.4 is 17.0 Å². The normalized spacial score (nSPS) is 12.8. The Balaban J connectivity index is 3.13. The molecule has 5 heteroatoms. The third-order valence-electron chi connectivity index (χ3n) is 3.02. The highest BCUT2D eigenvalue weighted by Crippen LogP contribution is 2.33. The van der Waals surface area contributed by atoms with Gasteiger partial charge < -0.3 is 10.7 Å². The summed E-state index contributed by atoms with van der Waals surface area (Å²) in [5.41, 5.74) is 5.10. The van der Waals surface area contributed by atoms with Crippen molar-refractivity contribution in [1.29, 1.82) is 0 Å². The van der Waals surface area contributed by atoms with Crippen molar-refractivity contribution >= 4 is 0 Å². The fourth-order valence-corrected chi connectivity index (χ4v) is 2.28. The quantitative estimate of drug-likeness (QED) is 0.722. The van der Waals surface area contributed by atoms with E-state index >= 15 is 0 Å². The Bertz CT molecular complexity index is 497. The van der Waals surface area contributed by atoms with Gasteiger partial charge in [-0.2, -0.15) is 0 Å². The molecule has 0 fully saturated rings. The Kier molecular flexibility index (Phi) is 3.62. The first-order valence-corrected chi connectivity index (χ1v) is 5.70. The maximum Gasteiger partial charge on any atom is 0.325 e. The van der Waals surface area contributed by atoms with Crippen LogP contribution >= 0.6 is 0 Å². The first-order chi connectivity index (χ1) is 7.68. The molecule has 0 aliphatic heterocycles. The Morgan fingerprint density at radius 1 is 1.24 bits per heavy atom. The van der Waals surface area contributed by atoms with E-state index in [-0.39, 0.29) is 16.4 Å². The van der Waals surface area contributed by atoms with Crippen LogP contribution in [0.1, 0.15) is 39.7 Å². The Hall–Kier alpha value is -1.36. The maximum absolute atomic E-state index is 11.8. The largest absolute Gasteiger partial charge is 0.330 e. The van der Waals surface area contributed by atoms with Gasteiger partial charge in [0.05, 0.1) is 0 Å². The number of aromatic nitrogens is 2. The predicted molar refractivity (Wildman–Crippen MR) is 68.2 cm³/mol. The molecule has 0 saturated carbocycles. The molecule has 0 bridgehead atoms. The Morgan fingerprint density at radius 3 is 2.29 bits per heavy atom. The van der Waals surface area contributed by atoms with Crippen molar-refractivity contribution in [3.05, 3.63) is 32.6 Å². The van der Waals surface area contributed by atoms with Gasteiger partial charge in [-0.25, -0.2) is 4.79 Å². The molecule has 0 aromatic carbocycles. The third-order valence-corrected chi connectivity index (χ3v) is 3.02. The molecule has 0 radical (unpaired) electrons. The van der Waals surface area contributed by atoms with E-state index in [2.05, 4.69) is 23.8 Å². The standard InChI is InChI=1S/C12H21N3O2/c1-11(2,7-13)6-12(3,4)8-5-14-10(17)15-9(8)16/h5H,6-7,13H2,1-4H3,(H2,14,15,16,17). The summed E-state index contributed by atoms with van der Waals surface area (Å²) in [7, 11) is 0. The predicted octanol–water partition coefficient (Wildman–Crippen LogP) is 0.716. The zero-order valence-electron chi connectivity index (χ0n) is 10.9. The Labute approximate surface area is 100 Å². The first-order valence-electron chi connectivity index (χ1n) is 5.70. The van der Waals surface area contributed by atoms with E-state index < -0.39 is 5.69 Å². The molecule has 0 aliphatic carbocycles. The van der Waals surface area contributed by atoms with E-state index in [1.54, 1.807) is 0 Å². The lowest BCUT2D eigenvalue weighted by atomic mass is 9.72. The van der Waals surface area contributed by atoms with Crippen LogP contribution in [0.3, 0.4) is 0 Å². The minimum atomic E-state index is -0.479. The fraction of sp³-hybridized carbons (Fsp3) is 0.667. The van der Waals surface area contributed by atoms with Crippen LogP contribution in [0.25, 0.3) is 0 Å². The zero-order chi connectivity index (χ0) is 13.3. The summed E-state index contributed by atoms with van der Waals surface area (Å²) < 4.78 is 0. The van der Waals surface area contributed by atoms with Crippen molar-refractivity contribution in [1.82, 2.24) is 9.97 Å². The van der Waals surface area contributed by atoms with Crippen molar-refractivity contribution in [2.75, 3.05) is 6.54 Å². The van der Waals surface area contributed by atoms with Crippen molar-refractivity contribution < 1.29 is 0 Å². The molecule has 1 rings (SSSR count). The number of hydrogen-bond donors (Lipinski definition) is 3. The monoisotopic (exact) mass is 239 g/mol. The van der Waals surface area contributed by atoms with E-state index in [0.29, 0.717) is 12.1 Å². The summed E-state index contributed by atoms with van der Waals surface area (Å²) in [6.45, 7) is 8.64. The summed E-state index contributed by atoms with van der Waals surface area (Å²) in [4.78, 5) is 27.5. The average Bonchev–Trinajstić information content (AvgIpc) is 2.15. The second-order valence-corrected chi connectivity index (χ2v) is 5.91. The van der Waals surface area contributed by atoms with Crippen molar-refractivity contribution in [2.24, 2.45) is 11.1 Å². The van der Waals surface area contributed by atoms with Crippen molar-refractivity contribution in [2.45, 2.75) is 39.5 Å². The van der Waals surface area contributed by atoms with Gasteiger partial charge in [0.1, 0.15) is 0 Å². The number of rotatable bonds is 4. The minimum absolute atomic E-state index is 0.0495. The van der Waals surface area contributed by atoms with Gasteiger partial charge in [0.15, 0.2) is 0 Å². The van der Waals surface area contributed by atoms with Gasteiger partial charge in [-0.05, 0) is 23.8 Å². The highest BCUT2D eigenvalue weighted by atomic mass is 16.2. The lowest BCUT2D eigenvalue weighted by Gasteiger charge is -2.33. The molecule has 0 spiro atoms. The molecule has 0 aliphatic rings. The molecular formula is C12H21N3O2. The zero-order valence-corrected chi connectivity index (χ0v) is 10.9. The van der Waals surface area contributed by atoms with E-state index in [1.165, 1.54) is 6.20 Å². The van der Waals surface area contributed by atoms with Crippen LogP contribution in [0.4, 0.5) is 0 Å². The van der Waals surface area contributed by atoms with Crippen molar-refractivity contribution in [3.63, 3.8) is 0 Å². The van der Waals surface area contributed by atoms with Crippen LogP contribution in [0, 0.1) is 5.41 Å². The van der Waals surface area contributed by atoms with Gasteiger partial charge >= 0.3 is 5.69 Å². The van der Waals surface area contributed by atoms with Crippen LogP contribution in [0.5, 0.6) is 0 Å². The number of aromatic amines is 2. The van der Waals surface area contributed by atoms with Gasteiger partial charge in [0.25, 0.3) is 5.56 Å². The molecule has 1 aromatic heterocycles. The van der Waals surface area contributed by atoms with E-state index in [4.69, 9.17) is 5.73 Å². The lowest BCUT2D eigenvalue weighted by molar-refractivity contribution is 0.264. The molecule has 0 saturated heterocycles. The second kappa shape index (κ2) is 4.49. The third kappa shape index (κ3) is 3.30. The lowest BCUT2D eigenvalue weighted by Crippen LogP contribution is -2.37. The first kappa shape index (κ1) is 13.7. The van der Waals surface area contributed by atoms with E-state index in [1.807, 2.05) is 13.8 Å². The highest BCUT2D eigenvalue weighted by Gasteiger charge is 2.31. The van der Waals surface area contributed by atoms with E-state index in [0.717, 1.165) is 6.42 Å². The van der Waals surface area contributed by atoms with Gasteiger partial charge in [-0.3, -0.25) is 9.78 Å². The molecule has 0 unspecified atom stereocenters. The molecule has 4 N–H and O–H groups in total. The SMILES string of the molecule is CC(C)(CN)CC(C)(C)c1c[nH]c(=O)[nH]c1=O. The molecular weight excluding hydrogens is 218 g/mol. The molecule has 5 nitrogen and oxygen atoms in total. The van der Waals surface area contributed by atoms with Gasteiger partial charge in [-0.1, -0.05) is 27.7 Å². The van der Waals surface area contributed by atoms with Gasteiger partial charge in [0.2, 0.25) is 0 Å². The molecule has 17 heavy (non-hydrogen) atoms. The maximum atomic E-state index is 11.8. The second-order valence-electron chi connectivity index (χ2n) is 5.91. The van der Waals surface area contributed by atoms with Crippen LogP contribution in [-0.2, 0) is 5.41 Å². The van der Waals surface area contributed by atoms with Crippen LogP contribution in [-0.4, -0.2) is 16.5 Å². The summed E-state index contributed by atoms with van der Waals surface area (Å²) in [6, 6.07) is 0. The average molecular weight is 239 g/mol. The number of hydrogen-bond acceptors (Lipinski definition) is 3. The van der Waals surface area contributed by atoms with Crippen molar-refractivity contribution in [3.8, 4) is 0 Å². The highest BCUT2D eigenvalue weighted by molar-refractivity contribution is 5.17. The number of nitrogens with one attached hydrogen (secondary N) is 2. The van der Waals surface area contributed by atoms with E-state index in [9.17, 15) is 9.59 Å². The fourth-order valence-electron chi connectivity index (χ4n) is 2.28. The number of H-pyrrole nitrogens is 2. The summed E-state index contributed by atoms with van der Waals surface area (Å²) in [5, 5.41) is 0.